The van der Waals surface area contributed by atoms with Gasteiger partial charge in [0, 0.05) is 6.54 Å². The van der Waals surface area contributed by atoms with Crippen molar-refractivity contribution in [3.63, 3.8) is 0 Å². The number of carboxylic acids is 1. The standard InChI is InChI=1S/C14H15F2NO3/c1-14(2)5-7(14)6-17-12(18)8-3-10(15)11(16)4-9(8)13(19)20/h3-4,7H,5-6H2,1-2H3,(H,17,18)(H,19,20). The summed E-state index contributed by atoms with van der Waals surface area (Å²) in [4.78, 5) is 22.9. The number of carboxylic acid groups (broad SMARTS) is 1. The van der Waals surface area contributed by atoms with Crippen molar-refractivity contribution in [3.8, 4) is 0 Å². The number of nitrogens with one attached hydrogen (secondary N) is 1. The van der Waals surface area contributed by atoms with E-state index in [-0.39, 0.29) is 11.0 Å². The van der Waals surface area contributed by atoms with E-state index < -0.39 is 29.1 Å². The molecule has 1 aliphatic rings. The summed E-state index contributed by atoms with van der Waals surface area (Å²) in [6.07, 6.45) is 0.969. The number of hydrogen-bond acceptors (Lipinski definition) is 2. The van der Waals surface area contributed by atoms with Crippen LogP contribution in [0.5, 0.6) is 0 Å². The normalized spacial score (nSPS) is 19.5. The highest BCUT2D eigenvalue weighted by Crippen LogP contribution is 2.50. The Labute approximate surface area is 114 Å². The summed E-state index contributed by atoms with van der Waals surface area (Å²) < 4.78 is 26.2. The molecule has 20 heavy (non-hydrogen) atoms. The predicted molar refractivity (Wildman–Crippen MR) is 67.5 cm³/mol. The van der Waals surface area contributed by atoms with Crippen LogP contribution in [0.2, 0.25) is 0 Å². The lowest BCUT2D eigenvalue weighted by atomic mass is 10.1. The molecule has 2 N–H and O–H groups in total. The third kappa shape index (κ3) is 2.79. The fraction of sp³-hybridized carbons (Fsp3) is 0.429. The van der Waals surface area contributed by atoms with Gasteiger partial charge in [0.25, 0.3) is 5.91 Å². The maximum Gasteiger partial charge on any atom is 0.336 e. The van der Waals surface area contributed by atoms with Crippen molar-refractivity contribution in [1.82, 2.24) is 5.32 Å². The number of benzene rings is 1. The molecule has 1 atom stereocenters. The molecule has 0 spiro atoms. The van der Waals surface area contributed by atoms with Crippen LogP contribution in [0.25, 0.3) is 0 Å². The number of carbonyl (C=O) groups is 2. The lowest BCUT2D eigenvalue weighted by Crippen LogP contribution is -2.28. The van der Waals surface area contributed by atoms with Crippen LogP contribution in [0.4, 0.5) is 8.78 Å². The zero-order chi connectivity index (χ0) is 15.1. The van der Waals surface area contributed by atoms with E-state index in [1.165, 1.54) is 0 Å². The van der Waals surface area contributed by atoms with Gasteiger partial charge in [-0.2, -0.15) is 0 Å². The first kappa shape index (κ1) is 14.4. The Morgan fingerprint density at radius 1 is 1.30 bits per heavy atom. The molecule has 2 rings (SSSR count). The molecule has 1 unspecified atom stereocenters. The van der Waals surface area contributed by atoms with Crippen LogP contribution in [-0.4, -0.2) is 23.5 Å². The van der Waals surface area contributed by atoms with E-state index in [1.54, 1.807) is 0 Å². The quantitative estimate of drug-likeness (QED) is 0.892. The fourth-order valence-corrected chi connectivity index (χ4v) is 2.15. The van der Waals surface area contributed by atoms with Crippen molar-refractivity contribution in [2.24, 2.45) is 11.3 Å². The van der Waals surface area contributed by atoms with Crippen LogP contribution in [0.1, 0.15) is 41.0 Å². The summed E-state index contributed by atoms with van der Waals surface area (Å²) in [5.41, 5.74) is -0.747. The summed E-state index contributed by atoms with van der Waals surface area (Å²) in [5.74, 6) is -4.39. The lowest BCUT2D eigenvalue weighted by Gasteiger charge is -2.09. The third-order valence-electron chi connectivity index (χ3n) is 3.76. The molecule has 1 aromatic rings. The monoisotopic (exact) mass is 283 g/mol. The highest BCUT2D eigenvalue weighted by molar-refractivity contribution is 6.04. The summed E-state index contributed by atoms with van der Waals surface area (Å²) in [7, 11) is 0. The molecule has 0 bridgehead atoms. The van der Waals surface area contributed by atoms with Gasteiger partial charge in [-0.25, -0.2) is 13.6 Å². The summed E-state index contributed by atoms with van der Waals surface area (Å²) >= 11 is 0. The highest BCUT2D eigenvalue weighted by Gasteiger charge is 2.45. The number of rotatable bonds is 4. The summed E-state index contributed by atoms with van der Waals surface area (Å²) in [5, 5.41) is 11.5. The van der Waals surface area contributed by atoms with Crippen LogP contribution >= 0.6 is 0 Å². The van der Waals surface area contributed by atoms with E-state index in [2.05, 4.69) is 19.2 Å². The summed E-state index contributed by atoms with van der Waals surface area (Å²) in [6, 6.07) is 1.14. The van der Waals surface area contributed by atoms with Crippen LogP contribution in [0.15, 0.2) is 12.1 Å². The van der Waals surface area contributed by atoms with E-state index in [9.17, 15) is 18.4 Å². The maximum atomic E-state index is 13.2. The zero-order valence-corrected chi connectivity index (χ0v) is 11.2. The van der Waals surface area contributed by atoms with Gasteiger partial charge < -0.3 is 10.4 Å². The van der Waals surface area contributed by atoms with Gasteiger partial charge in [-0.3, -0.25) is 4.79 Å². The molecular weight excluding hydrogens is 268 g/mol. The van der Waals surface area contributed by atoms with Crippen molar-refractivity contribution in [2.75, 3.05) is 6.54 Å². The average Bonchev–Trinajstić information content (AvgIpc) is 2.96. The molecule has 0 heterocycles. The van der Waals surface area contributed by atoms with Crippen molar-refractivity contribution < 1.29 is 23.5 Å². The van der Waals surface area contributed by atoms with E-state index in [1.807, 2.05) is 0 Å². The Morgan fingerprint density at radius 2 is 1.80 bits per heavy atom. The SMILES string of the molecule is CC1(C)CC1CNC(=O)c1cc(F)c(F)cc1C(=O)O. The Kier molecular flexibility index (Phi) is 3.50. The van der Waals surface area contributed by atoms with Gasteiger partial charge in [0.05, 0.1) is 11.1 Å². The minimum absolute atomic E-state index is 0.164. The number of halogens is 2. The second-order valence-corrected chi connectivity index (χ2v) is 5.72. The molecule has 1 fully saturated rings. The van der Waals surface area contributed by atoms with Gasteiger partial charge in [0.2, 0.25) is 0 Å². The molecule has 1 aliphatic carbocycles. The van der Waals surface area contributed by atoms with Crippen molar-refractivity contribution in [2.45, 2.75) is 20.3 Å². The summed E-state index contributed by atoms with van der Waals surface area (Å²) in [6.45, 7) is 4.51. The Balaban J connectivity index is 2.16. The molecule has 0 saturated heterocycles. The van der Waals surface area contributed by atoms with E-state index in [4.69, 9.17) is 5.11 Å². The highest BCUT2D eigenvalue weighted by atomic mass is 19.2. The molecule has 0 aromatic heterocycles. The van der Waals surface area contributed by atoms with E-state index in [0.29, 0.717) is 24.6 Å². The molecule has 1 aromatic carbocycles. The predicted octanol–water partition coefficient (Wildman–Crippen LogP) is 2.44. The Hall–Kier alpha value is -1.98. The van der Waals surface area contributed by atoms with Crippen LogP contribution in [0, 0.1) is 23.0 Å². The van der Waals surface area contributed by atoms with Crippen molar-refractivity contribution in [1.29, 1.82) is 0 Å². The van der Waals surface area contributed by atoms with Gasteiger partial charge >= 0.3 is 5.97 Å². The minimum atomic E-state index is -1.47. The van der Waals surface area contributed by atoms with Crippen LogP contribution in [0.3, 0.4) is 0 Å². The zero-order valence-electron chi connectivity index (χ0n) is 11.2. The van der Waals surface area contributed by atoms with Crippen LogP contribution in [-0.2, 0) is 0 Å². The number of amides is 1. The molecule has 0 aliphatic heterocycles. The molecule has 4 nitrogen and oxygen atoms in total. The molecule has 1 amide bonds. The molecule has 108 valence electrons. The first-order valence-electron chi connectivity index (χ1n) is 6.23. The smallest absolute Gasteiger partial charge is 0.336 e. The van der Waals surface area contributed by atoms with Gasteiger partial charge in [-0.1, -0.05) is 13.8 Å². The van der Waals surface area contributed by atoms with Gasteiger partial charge in [0.15, 0.2) is 11.6 Å². The van der Waals surface area contributed by atoms with Crippen molar-refractivity contribution in [3.05, 3.63) is 34.9 Å². The van der Waals surface area contributed by atoms with E-state index in [0.717, 1.165) is 6.42 Å². The molecule has 1 saturated carbocycles. The molecule has 6 heteroatoms. The van der Waals surface area contributed by atoms with Crippen LogP contribution < -0.4 is 5.32 Å². The average molecular weight is 283 g/mol. The number of aromatic carboxylic acids is 1. The van der Waals surface area contributed by atoms with E-state index >= 15 is 0 Å². The molecular formula is C14H15F2NO3. The number of carbonyl (C=O) groups excluding carboxylic acids is 1. The van der Waals surface area contributed by atoms with Gasteiger partial charge in [0.1, 0.15) is 0 Å². The number of hydrogen-bond donors (Lipinski definition) is 2. The van der Waals surface area contributed by atoms with Crippen molar-refractivity contribution >= 4 is 11.9 Å². The largest absolute Gasteiger partial charge is 0.478 e. The second-order valence-electron chi connectivity index (χ2n) is 5.72. The topological polar surface area (TPSA) is 66.4 Å². The Morgan fingerprint density at radius 3 is 2.25 bits per heavy atom. The van der Waals surface area contributed by atoms with Gasteiger partial charge in [-0.05, 0) is 29.9 Å². The fourth-order valence-electron chi connectivity index (χ4n) is 2.15. The Bertz CT molecular complexity index is 584. The molecule has 0 radical (unpaired) electrons. The second kappa shape index (κ2) is 4.85. The van der Waals surface area contributed by atoms with Gasteiger partial charge in [-0.15, -0.1) is 0 Å². The maximum absolute atomic E-state index is 13.2. The third-order valence-corrected chi connectivity index (χ3v) is 3.76. The first-order chi connectivity index (χ1) is 9.22. The minimum Gasteiger partial charge on any atom is -0.478 e. The lowest BCUT2D eigenvalue weighted by molar-refractivity contribution is 0.0690. The first-order valence-corrected chi connectivity index (χ1v) is 6.23.